The van der Waals surface area contributed by atoms with E-state index >= 15 is 0 Å². The molecule has 29 heavy (non-hydrogen) atoms. The third-order valence-corrected chi connectivity index (χ3v) is 5.77. The second-order valence-corrected chi connectivity index (χ2v) is 7.66. The molecule has 1 amide bonds. The molecule has 7 nitrogen and oxygen atoms in total. The van der Waals surface area contributed by atoms with Crippen molar-refractivity contribution in [3.8, 4) is 5.75 Å². The highest BCUT2D eigenvalue weighted by molar-refractivity contribution is 5.94. The monoisotopic (exact) mass is 395 g/mol. The average Bonchev–Trinajstić information content (AvgIpc) is 3.08. The molecule has 0 bridgehead atoms. The Morgan fingerprint density at radius 2 is 1.45 bits per heavy atom. The number of methoxy groups -OCH3 is 1. The van der Waals surface area contributed by atoms with Gasteiger partial charge in [-0.05, 0) is 43.2 Å². The van der Waals surface area contributed by atoms with E-state index in [1.165, 1.54) is 25.7 Å². The van der Waals surface area contributed by atoms with E-state index in [2.05, 4.69) is 32.1 Å². The van der Waals surface area contributed by atoms with Crippen LogP contribution in [-0.2, 0) is 0 Å². The predicted molar refractivity (Wildman–Crippen MR) is 114 cm³/mol. The normalized spacial score (nSPS) is 17.8. The molecule has 1 aromatic heterocycles. The first-order valence-electron chi connectivity index (χ1n) is 10.5. The van der Waals surface area contributed by atoms with Crippen LogP contribution in [0.5, 0.6) is 5.75 Å². The summed E-state index contributed by atoms with van der Waals surface area (Å²) in [5.41, 5.74) is 0.666. The third-order valence-electron chi connectivity index (χ3n) is 5.77. The lowest BCUT2D eigenvalue weighted by atomic mass is 10.1. The van der Waals surface area contributed by atoms with Crippen LogP contribution in [0.3, 0.4) is 0 Å². The van der Waals surface area contributed by atoms with Crippen molar-refractivity contribution >= 4 is 17.5 Å². The maximum atomic E-state index is 12.8. The van der Waals surface area contributed by atoms with Gasteiger partial charge in [0.25, 0.3) is 5.91 Å². The third kappa shape index (κ3) is 4.60. The summed E-state index contributed by atoms with van der Waals surface area (Å²) in [5.74, 6) is 2.61. The molecule has 154 valence electrons. The van der Waals surface area contributed by atoms with Gasteiger partial charge in [-0.1, -0.05) is 18.9 Å². The molecule has 0 atom stereocenters. The van der Waals surface area contributed by atoms with Gasteiger partial charge in [0.2, 0.25) is 0 Å². The van der Waals surface area contributed by atoms with E-state index in [9.17, 15) is 4.79 Å². The minimum atomic E-state index is 0.0474. The molecule has 3 heterocycles. The Kier molecular flexibility index (Phi) is 6.12. The van der Waals surface area contributed by atoms with E-state index in [0.29, 0.717) is 24.4 Å². The first-order valence-corrected chi connectivity index (χ1v) is 10.5. The topological polar surface area (TPSA) is 61.8 Å². The quantitative estimate of drug-likeness (QED) is 0.793. The van der Waals surface area contributed by atoms with Crippen LogP contribution in [0.15, 0.2) is 36.4 Å². The van der Waals surface area contributed by atoms with Crippen LogP contribution < -0.4 is 14.5 Å². The summed E-state index contributed by atoms with van der Waals surface area (Å²) < 4.78 is 5.23. The molecule has 2 fully saturated rings. The number of ether oxygens (including phenoxy) is 1. The van der Waals surface area contributed by atoms with Crippen molar-refractivity contribution in [1.29, 1.82) is 0 Å². The number of piperazine rings is 1. The smallest absolute Gasteiger partial charge is 0.254 e. The number of benzene rings is 1. The lowest BCUT2D eigenvalue weighted by Gasteiger charge is -2.35. The molecule has 0 radical (unpaired) electrons. The van der Waals surface area contributed by atoms with Crippen molar-refractivity contribution in [2.75, 3.05) is 56.2 Å². The van der Waals surface area contributed by atoms with Crippen LogP contribution in [0.25, 0.3) is 0 Å². The summed E-state index contributed by atoms with van der Waals surface area (Å²) in [5, 5.41) is 8.95. The van der Waals surface area contributed by atoms with Gasteiger partial charge in [-0.25, -0.2) is 0 Å². The van der Waals surface area contributed by atoms with Gasteiger partial charge in [0.1, 0.15) is 5.75 Å². The van der Waals surface area contributed by atoms with Crippen LogP contribution in [0.4, 0.5) is 11.6 Å². The fourth-order valence-corrected chi connectivity index (χ4v) is 4.03. The Morgan fingerprint density at radius 1 is 0.828 bits per heavy atom. The minimum Gasteiger partial charge on any atom is -0.497 e. The molecule has 2 saturated heterocycles. The highest BCUT2D eigenvalue weighted by Crippen LogP contribution is 2.21. The van der Waals surface area contributed by atoms with E-state index in [-0.39, 0.29) is 5.91 Å². The molecule has 0 N–H and O–H groups in total. The molecule has 0 spiro atoms. The van der Waals surface area contributed by atoms with Gasteiger partial charge in [0, 0.05) is 44.8 Å². The molecular weight excluding hydrogens is 366 g/mol. The average molecular weight is 396 g/mol. The van der Waals surface area contributed by atoms with Gasteiger partial charge in [-0.2, -0.15) is 0 Å². The Hall–Kier alpha value is -2.83. The molecule has 2 aliphatic heterocycles. The van der Waals surface area contributed by atoms with Gasteiger partial charge in [0.15, 0.2) is 11.6 Å². The molecule has 2 aromatic rings. The Balaban J connectivity index is 1.34. The van der Waals surface area contributed by atoms with Crippen molar-refractivity contribution in [3.63, 3.8) is 0 Å². The summed E-state index contributed by atoms with van der Waals surface area (Å²) in [6.07, 6.45) is 5.07. The SMILES string of the molecule is COc1cccc(C(=O)N2CCN(c3ccc(N4CCCCCC4)nn3)CC2)c1. The lowest BCUT2D eigenvalue weighted by molar-refractivity contribution is 0.0746. The number of anilines is 2. The second-order valence-electron chi connectivity index (χ2n) is 7.66. The van der Waals surface area contributed by atoms with Gasteiger partial charge >= 0.3 is 0 Å². The Labute approximate surface area is 172 Å². The highest BCUT2D eigenvalue weighted by atomic mass is 16.5. The predicted octanol–water partition coefficient (Wildman–Crippen LogP) is 2.83. The summed E-state index contributed by atoms with van der Waals surface area (Å²) in [7, 11) is 1.61. The maximum absolute atomic E-state index is 12.8. The van der Waals surface area contributed by atoms with Gasteiger partial charge < -0.3 is 19.4 Å². The molecule has 0 saturated carbocycles. The zero-order chi connectivity index (χ0) is 20.1. The maximum Gasteiger partial charge on any atom is 0.254 e. The second kappa shape index (κ2) is 9.11. The number of rotatable bonds is 4. The van der Waals surface area contributed by atoms with Crippen LogP contribution in [0.2, 0.25) is 0 Å². The number of hydrogen-bond donors (Lipinski definition) is 0. The van der Waals surface area contributed by atoms with Crippen LogP contribution in [0.1, 0.15) is 36.0 Å². The molecule has 7 heteroatoms. The van der Waals surface area contributed by atoms with Crippen molar-refractivity contribution in [3.05, 3.63) is 42.0 Å². The number of carbonyl (C=O) groups excluding carboxylic acids is 1. The number of amides is 1. The molecule has 4 rings (SSSR count). The van der Waals surface area contributed by atoms with Crippen molar-refractivity contribution in [2.24, 2.45) is 0 Å². The molecule has 2 aliphatic rings. The van der Waals surface area contributed by atoms with Gasteiger partial charge in [-0.15, -0.1) is 10.2 Å². The molecule has 0 unspecified atom stereocenters. The van der Waals surface area contributed by atoms with Crippen LogP contribution in [0, 0.1) is 0 Å². The molecule has 1 aromatic carbocycles. The van der Waals surface area contributed by atoms with E-state index in [4.69, 9.17) is 4.74 Å². The van der Waals surface area contributed by atoms with E-state index < -0.39 is 0 Å². The largest absolute Gasteiger partial charge is 0.497 e. The van der Waals surface area contributed by atoms with E-state index in [1.54, 1.807) is 13.2 Å². The van der Waals surface area contributed by atoms with Crippen LogP contribution >= 0.6 is 0 Å². The fourth-order valence-electron chi connectivity index (χ4n) is 4.03. The Morgan fingerprint density at radius 3 is 2.03 bits per heavy atom. The first kappa shape index (κ1) is 19.5. The van der Waals surface area contributed by atoms with E-state index in [1.807, 2.05) is 23.1 Å². The molecular formula is C22H29N5O2. The van der Waals surface area contributed by atoms with Gasteiger partial charge in [-0.3, -0.25) is 4.79 Å². The fraction of sp³-hybridized carbons (Fsp3) is 0.500. The first-order chi connectivity index (χ1) is 14.2. The zero-order valence-corrected chi connectivity index (χ0v) is 17.1. The molecule has 0 aliphatic carbocycles. The van der Waals surface area contributed by atoms with Crippen LogP contribution in [-0.4, -0.2) is 67.4 Å². The summed E-state index contributed by atoms with van der Waals surface area (Å²) in [4.78, 5) is 19.2. The standard InChI is InChI=1S/C22H29N5O2/c1-29-19-8-6-7-18(17-19)22(28)27-15-13-26(14-16-27)21-10-9-20(23-24-21)25-11-4-2-3-5-12-25/h6-10,17H,2-5,11-16H2,1H3. The van der Waals surface area contributed by atoms with Crippen molar-refractivity contribution in [1.82, 2.24) is 15.1 Å². The Bertz CT molecular complexity index is 810. The number of carbonyl (C=O) groups is 1. The zero-order valence-electron chi connectivity index (χ0n) is 17.1. The van der Waals surface area contributed by atoms with Crippen molar-refractivity contribution in [2.45, 2.75) is 25.7 Å². The van der Waals surface area contributed by atoms with E-state index in [0.717, 1.165) is 37.8 Å². The number of nitrogens with zero attached hydrogens (tertiary/aromatic N) is 5. The summed E-state index contributed by atoms with van der Waals surface area (Å²) in [6, 6.07) is 11.5. The van der Waals surface area contributed by atoms with Crippen molar-refractivity contribution < 1.29 is 9.53 Å². The lowest BCUT2D eigenvalue weighted by Crippen LogP contribution is -2.49. The highest BCUT2D eigenvalue weighted by Gasteiger charge is 2.23. The minimum absolute atomic E-state index is 0.0474. The number of hydrogen-bond acceptors (Lipinski definition) is 6. The van der Waals surface area contributed by atoms with Gasteiger partial charge in [0.05, 0.1) is 7.11 Å². The number of aromatic nitrogens is 2. The summed E-state index contributed by atoms with van der Waals surface area (Å²) >= 11 is 0. The summed E-state index contributed by atoms with van der Waals surface area (Å²) in [6.45, 7) is 5.00.